The molecule has 1 aliphatic carbocycles. The van der Waals surface area contributed by atoms with Crippen LogP contribution in [0.3, 0.4) is 0 Å². The summed E-state index contributed by atoms with van der Waals surface area (Å²) in [6.45, 7) is 1.34. The van der Waals surface area contributed by atoms with E-state index in [1.807, 2.05) is 28.9 Å². The van der Waals surface area contributed by atoms with Crippen molar-refractivity contribution >= 4 is 11.6 Å². The fourth-order valence-corrected chi connectivity index (χ4v) is 3.20. The fourth-order valence-electron chi connectivity index (χ4n) is 3.20. The standard InChI is InChI=1S/C17H22N6O2/c18-15(11-6-8-25-9-7-11)17(24)19-13-3-1-2-12(10-13)16-20-21-22-23(16)14-4-5-14/h1-3,10-11,14-15H,4-9,18H2,(H,19,24). The second-order valence-electron chi connectivity index (χ2n) is 6.72. The van der Waals surface area contributed by atoms with Crippen molar-refractivity contribution in [2.75, 3.05) is 18.5 Å². The van der Waals surface area contributed by atoms with Crippen LogP contribution in [0.1, 0.15) is 31.7 Å². The van der Waals surface area contributed by atoms with Crippen molar-refractivity contribution < 1.29 is 9.53 Å². The number of ether oxygens (including phenoxy) is 1. The molecule has 132 valence electrons. The van der Waals surface area contributed by atoms with Crippen LogP contribution in [0.25, 0.3) is 11.4 Å². The van der Waals surface area contributed by atoms with E-state index in [-0.39, 0.29) is 11.8 Å². The monoisotopic (exact) mass is 342 g/mol. The molecule has 0 spiro atoms. The largest absolute Gasteiger partial charge is 0.381 e. The lowest BCUT2D eigenvalue weighted by Crippen LogP contribution is -2.44. The predicted octanol–water partition coefficient (Wildman–Crippen LogP) is 1.37. The van der Waals surface area contributed by atoms with Crippen molar-refractivity contribution in [3.05, 3.63) is 24.3 Å². The van der Waals surface area contributed by atoms with Crippen molar-refractivity contribution in [1.82, 2.24) is 20.2 Å². The van der Waals surface area contributed by atoms with Crippen LogP contribution in [0.4, 0.5) is 5.69 Å². The molecule has 1 aromatic carbocycles. The van der Waals surface area contributed by atoms with Crippen LogP contribution in [0, 0.1) is 5.92 Å². The summed E-state index contributed by atoms with van der Waals surface area (Å²) in [5.74, 6) is 0.734. The lowest BCUT2D eigenvalue weighted by molar-refractivity contribution is -0.119. The van der Waals surface area contributed by atoms with E-state index in [1.54, 1.807) is 0 Å². The van der Waals surface area contributed by atoms with Gasteiger partial charge in [0.15, 0.2) is 5.82 Å². The van der Waals surface area contributed by atoms with Crippen molar-refractivity contribution in [2.24, 2.45) is 11.7 Å². The summed E-state index contributed by atoms with van der Waals surface area (Å²) >= 11 is 0. The number of nitrogens with one attached hydrogen (secondary N) is 1. The molecule has 1 unspecified atom stereocenters. The molecule has 3 N–H and O–H groups in total. The van der Waals surface area contributed by atoms with Crippen LogP contribution in [0.2, 0.25) is 0 Å². The molecule has 8 heteroatoms. The SMILES string of the molecule is NC(C(=O)Nc1cccc(-c2nnnn2C2CC2)c1)C1CCOCC1. The average molecular weight is 342 g/mol. The molecule has 0 bridgehead atoms. The van der Waals surface area contributed by atoms with E-state index in [2.05, 4.69) is 20.8 Å². The molecule has 2 heterocycles. The number of aromatic nitrogens is 4. The van der Waals surface area contributed by atoms with Crippen LogP contribution in [-0.2, 0) is 9.53 Å². The molecule has 2 aliphatic rings. The van der Waals surface area contributed by atoms with E-state index >= 15 is 0 Å². The first-order valence-electron chi connectivity index (χ1n) is 8.75. The number of rotatable bonds is 5. The Kier molecular flexibility index (Phi) is 4.46. The van der Waals surface area contributed by atoms with Gasteiger partial charge in [-0.05, 0) is 54.2 Å². The molecule has 2 aromatic rings. The highest BCUT2D eigenvalue weighted by atomic mass is 16.5. The molecule has 1 atom stereocenters. The summed E-state index contributed by atoms with van der Waals surface area (Å²) in [7, 11) is 0. The number of hydrogen-bond donors (Lipinski definition) is 2. The van der Waals surface area contributed by atoms with Gasteiger partial charge in [0.1, 0.15) is 0 Å². The van der Waals surface area contributed by atoms with Gasteiger partial charge in [0.05, 0.1) is 12.1 Å². The minimum absolute atomic E-state index is 0.161. The Labute approximate surface area is 145 Å². The van der Waals surface area contributed by atoms with Crippen LogP contribution >= 0.6 is 0 Å². The maximum absolute atomic E-state index is 12.5. The minimum atomic E-state index is -0.524. The van der Waals surface area contributed by atoms with Crippen molar-refractivity contribution in [2.45, 2.75) is 37.8 Å². The second kappa shape index (κ2) is 6.89. The molecule has 1 saturated carbocycles. The molecular formula is C17H22N6O2. The average Bonchev–Trinajstić information content (AvgIpc) is 3.38. The molecule has 0 radical (unpaired) electrons. The molecule has 2 fully saturated rings. The van der Waals surface area contributed by atoms with Crippen molar-refractivity contribution in [3.63, 3.8) is 0 Å². The summed E-state index contributed by atoms with van der Waals surface area (Å²) in [6, 6.07) is 7.44. The predicted molar refractivity (Wildman–Crippen MR) is 91.7 cm³/mol. The van der Waals surface area contributed by atoms with Gasteiger partial charge in [-0.1, -0.05) is 12.1 Å². The number of nitrogens with two attached hydrogens (primary N) is 1. The third-order valence-corrected chi connectivity index (χ3v) is 4.85. The molecule has 4 rings (SSSR count). The lowest BCUT2D eigenvalue weighted by atomic mass is 9.92. The smallest absolute Gasteiger partial charge is 0.241 e. The molecule has 1 saturated heterocycles. The fraction of sp³-hybridized carbons (Fsp3) is 0.529. The number of tetrazole rings is 1. The maximum Gasteiger partial charge on any atom is 0.241 e. The molecule has 1 amide bonds. The van der Waals surface area contributed by atoms with Gasteiger partial charge in [-0.2, -0.15) is 0 Å². The van der Waals surface area contributed by atoms with Crippen LogP contribution in [0.15, 0.2) is 24.3 Å². The number of hydrogen-bond acceptors (Lipinski definition) is 6. The number of amides is 1. The van der Waals surface area contributed by atoms with Crippen molar-refractivity contribution in [3.8, 4) is 11.4 Å². The van der Waals surface area contributed by atoms with E-state index in [0.717, 1.165) is 37.1 Å². The number of nitrogens with zero attached hydrogens (tertiary/aromatic N) is 4. The van der Waals surface area contributed by atoms with E-state index in [4.69, 9.17) is 10.5 Å². The lowest BCUT2D eigenvalue weighted by Gasteiger charge is -2.26. The second-order valence-corrected chi connectivity index (χ2v) is 6.72. The normalized spacial score (nSPS) is 19.6. The van der Waals surface area contributed by atoms with Crippen LogP contribution in [-0.4, -0.2) is 45.4 Å². The zero-order valence-corrected chi connectivity index (χ0v) is 14.0. The highest BCUT2D eigenvalue weighted by Crippen LogP contribution is 2.36. The number of anilines is 1. The molecule has 8 nitrogen and oxygen atoms in total. The van der Waals surface area contributed by atoms with Crippen molar-refractivity contribution in [1.29, 1.82) is 0 Å². The van der Waals surface area contributed by atoms with Gasteiger partial charge in [-0.3, -0.25) is 4.79 Å². The molecule has 1 aromatic heterocycles. The highest BCUT2D eigenvalue weighted by molar-refractivity contribution is 5.95. The van der Waals surface area contributed by atoms with Crippen LogP contribution < -0.4 is 11.1 Å². The number of carbonyl (C=O) groups is 1. The van der Waals surface area contributed by atoms with Crippen LogP contribution in [0.5, 0.6) is 0 Å². The number of carbonyl (C=O) groups excluding carboxylic acids is 1. The Bertz CT molecular complexity index is 751. The van der Waals surface area contributed by atoms with Gasteiger partial charge >= 0.3 is 0 Å². The van der Waals surface area contributed by atoms with E-state index < -0.39 is 6.04 Å². The first-order valence-corrected chi connectivity index (χ1v) is 8.75. The Morgan fingerprint density at radius 2 is 2.08 bits per heavy atom. The molecule has 1 aliphatic heterocycles. The maximum atomic E-state index is 12.5. The topological polar surface area (TPSA) is 108 Å². The van der Waals surface area contributed by atoms with E-state index in [1.165, 1.54) is 0 Å². The first-order chi connectivity index (χ1) is 12.2. The summed E-state index contributed by atoms with van der Waals surface area (Å²) in [5, 5.41) is 14.9. The third-order valence-electron chi connectivity index (χ3n) is 4.85. The summed E-state index contributed by atoms with van der Waals surface area (Å²) in [5.41, 5.74) is 7.73. The quantitative estimate of drug-likeness (QED) is 0.849. The van der Waals surface area contributed by atoms with E-state index in [9.17, 15) is 4.79 Å². The third kappa shape index (κ3) is 3.54. The van der Waals surface area contributed by atoms with Gasteiger partial charge in [0.2, 0.25) is 5.91 Å². The molecule has 25 heavy (non-hydrogen) atoms. The summed E-state index contributed by atoms with van der Waals surface area (Å²) in [4.78, 5) is 12.5. The van der Waals surface area contributed by atoms with Gasteiger partial charge < -0.3 is 15.8 Å². The summed E-state index contributed by atoms with van der Waals surface area (Å²) < 4.78 is 7.19. The Morgan fingerprint density at radius 3 is 2.84 bits per heavy atom. The Hall–Kier alpha value is -2.32. The van der Waals surface area contributed by atoms with Gasteiger partial charge in [-0.25, -0.2) is 4.68 Å². The Morgan fingerprint density at radius 1 is 1.28 bits per heavy atom. The summed E-state index contributed by atoms with van der Waals surface area (Å²) in [6.07, 6.45) is 3.86. The Balaban J connectivity index is 1.47. The minimum Gasteiger partial charge on any atom is -0.381 e. The molecular weight excluding hydrogens is 320 g/mol. The number of benzene rings is 1. The zero-order valence-electron chi connectivity index (χ0n) is 14.0. The van der Waals surface area contributed by atoms with Gasteiger partial charge in [0, 0.05) is 24.5 Å². The zero-order chi connectivity index (χ0) is 17.2. The highest BCUT2D eigenvalue weighted by Gasteiger charge is 2.29. The first kappa shape index (κ1) is 16.2. The van der Waals surface area contributed by atoms with Gasteiger partial charge in [0.25, 0.3) is 0 Å². The van der Waals surface area contributed by atoms with Gasteiger partial charge in [-0.15, -0.1) is 5.10 Å². The van der Waals surface area contributed by atoms with E-state index in [0.29, 0.717) is 24.9 Å².